The molecule has 2 heteroatoms. The lowest BCUT2D eigenvalue weighted by Gasteiger charge is -2.19. The van der Waals surface area contributed by atoms with Gasteiger partial charge in [-0.2, -0.15) is 0 Å². The minimum atomic E-state index is 0.535. The van der Waals surface area contributed by atoms with Gasteiger partial charge < -0.3 is 5.32 Å². The highest BCUT2D eigenvalue weighted by Crippen LogP contribution is 2.23. The van der Waals surface area contributed by atoms with E-state index in [0.717, 1.165) is 6.54 Å². The van der Waals surface area contributed by atoms with Crippen molar-refractivity contribution in [1.29, 1.82) is 0 Å². The molecular weight excluding hydrogens is 238 g/mol. The number of thioether (sulfide) groups is 1. The molecule has 0 heterocycles. The summed E-state index contributed by atoms with van der Waals surface area (Å²) in [6, 6.07) is 9.57. The molecule has 0 aliphatic rings. The first kappa shape index (κ1) is 15.6. The molecule has 1 atom stereocenters. The van der Waals surface area contributed by atoms with Crippen LogP contribution in [0.1, 0.15) is 57.6 Å². The Morgan fingerprint density at radius 3 is 2.33 bits per heavy atom. The van der Waals surface area contributed by atoms with Crippen LogP contribution in [0.4, 0.5) is 0 Å². The van der Waals surface area contributed by atoms with Crippen molar-refractivity contribution in [3.63, 3.8) is 0 Å². The Hall–Kier alpha value is -0.470. The van der Waals surface area contributed by atoms with Crippen molar-refractivity contribution in [1.82, 2.24) is 5.32 Å². The highest BCUT2D eigenvalue weighted by Gasteiger charge is 2.09. The van der Waals surface area contributed by atoms with Crippen LogP contribution >= 0.6 is 11.8 Å². The summed E-state index contributed by atoms with van der Waals surface area (Å²) in [5, 5.41) is 3.68. The second-order valence-electron chi connectivity index (χ2n) is 4.78. The molecule has 102 valence electrons. The van der Waals surface area contributed by atoms with Crippen molar-refractivity contribution in [2.75, 3.05) is 12.8 Å². The van der Waals surface area contributed by atoms with Gasteiger partial charge in [0.15, 0.2) is 0 Å². The smallest absolute Gasteiger partial charge is 0.0320 e. The van der Waals surface area contributed by atoms with Crippen LogP contribution in [0.5, 0.6) is 0 Å². The lowest BCUT2D eigenvalue weighted by atomic mass is 10.0. The minimum Gasteiger partial charge on any atom is -0.310 e. The fourth-order valence-electron chi connectivity index (χ4n) is 2.14. The predicted octanol–water partition coefficient (Wildman–Crippen LogP) is 5.03. The topological polar surface area (TPSA) is 12.0 Å². The molecular formula is C16H27NS. The zero-order valence-electron chi connectivity index (χ0n) is 12.0. The lowest BCUT2D eigenvalue weighted by molar-refractivity contribution is 0.474. The average molecular weight is 265 g/mol. The summed E-state index contributed by atoms with van der Waals surface area (Å²) in [6.07, 6.45) is 8.55. The third kappa shape index (κ3) is 5.45. The quantitative estimate of drug-likeness (QED) is 0.496. The Bertz CT molecular complexity index is 307. The maximum atomic E-state index is 3.68. The fraction of sp³-hybridized carbons (Fsp3) is 0.625. The third-order valence-corrected chi connectivity index (χ3v) is 4.00. The molecule has 1 rings (SSSR count). The molecule has 0 saturated heterocycles. The third-order valence-electron chi connectivity index (χ3n) is 3.26. The van der Waals surface area contributed by atoms with Gasteiger partial charge in [0.1, 0.15) is 0 Å². The Labute approximate surface area is 117 Å². The standard InChI is InChI=1S/C16H27NS/c1-4-6-7-8-16(17-13-5-2)14-9-11-15(18-3)12-10-14/h9-12,16-17H,4-8,13H2,1-3H3. The average Bonchev–Trinajstić information content (AvgIpc) is 2.43. The van der Waals surface area contributed by atoms with Crippen LogP contribution in [0.2, 0.25) is 0 Å². The second-order valence-corrected chi connectivity index (χ2v) is 5.66. The monoisotopic (exact) mass is 265 g/mol. The number of hydrogen-bond donors (Lipinski definition) is 1. The van der Waals surface area contributed by atoms with E-state index in [4.69, 9.17) is 0 Å². The number of benzene rings is 1. The zero-order valence-corrected chi connectivity index (χ0v) is 12.9. The summed E-state index contributed by atoms with van der Waals surface area (Å²) in [4.78, 5) is 1.35. The van der Waals surface area contributed by atoms with E-state index in [0.29, 0.717) is 6.04 Å². The molecule has 1 unspecified atom stereocenters. The molecule has 1 N–H and O–H groups in total. The summed E-state index contributed by atoms with van der Waals surface area (Å²) in [5.41, 5.74) is 1.44. The van der Waals surface area contributed by atoms with Gasteiger partial charge in [0.25, 0.3) is 0 Å². The van der Waals surface area contributed by atoms with Gasteiger partial charge in [0.05, 0.1) is 0 Å². The minimum absolute atomic E-state index is 0.535. The molecule has 0 aliphatic carbocycles. The van der Waals surface area contributed by atoms with E-state index in [1.165, 1.54) is 42.6 Å². The summed E-state index contributed by atoms with van der Waals surface area (Å²) >= 11 is 1.81. The van der Waals surface area contributed by atoms with Crippen LogP contribution in [0.25, 0.3) is 0 Å². The van der Waals surface area contributed by atoms with Crippen LogP contribution in [-0.2, 0) is 0 Å². The van der Waals surface area contributed by atoms with Crippen molar-refractivity contribution < 1.29 is 0 Å². The van der Waals surface area contributed by atoms with Crippen LogP contribution in [0, 0.1) is 0 Å². The Balaban J connectivity index is 2.60. The molecule has 1 aromatic rings. The van der Waals surface area contributed by atoms with Crippen molar-refractivity contribution in [3.8, 4) is 0 Å². The van der Waals surface area contributed by atoms with E-state index in [2.05, 4.69) is 49.7 Å². The maximum absolute atomic E-state index is 3.68. The second kappa shape index (κ2) is 9.46. The number of nitrogens with one attached hydrogen (secondary N) is 1. The normalized spacial score (nSPS) is 12.6. The number of hydrogen-bond acceptors (Lipinski definition) is 2. The van der Waals surface area contributed by atoms with E-state index in [1.54, 1.807) is 0 Å². The molecule has 0 saturated carbocycles. The van der Waals surface area contributed by atoms with Crippen LogP contribution in [-0.4, -0.2) is 12.8 Å². The highest BCUT2D eigenvalue weighted by molar-refractivity contribution is 7.98. The largest absolute Gasteiger partial charge is 0.310 e. The molecule has 0 spiro atoms. The van der Waals surface area contributed by atoms with E-state index in [1.807, 2.05) is 11.8 Å². The molecule has 0 aromatic heterocycles. The molecule has 0 aliphatic heterocycles. The van der Waals surface area contributed by atoms with Crippen molar-refractivity contribution in [3.05, 3.63) is 29.8 Å². The molecule has 0 fully saturated rings. The summed E-state index contributed by atoms with van der Waals surface area (Å²) in [7, 11) is 0. The van der Waals surface area contributed by atoms with Gasteiger partial charge in [0, 0.05) is 10.9 Å². The molecule has 1 nitrogen and oxygen atoms in total. The van der Waals surface area contributed by atoms with E-state index < -0.39 is 0 Å². The van der Waals surface area contributed by atoms with Crippen LogP contribution in [0.3, 0.4) is 0 Å². The van der Waals surface area contributed by atoms with Crippen molar-refractivity contribution in [2.24, 2.45) is 0 Å². The van der Waals surface area contributed by atoms with Crippen LogP contribution < -0.4 is 5.32 Å². The molecule has 0 radical (unpaired) electrons. The fourth-order valence-corrected chi connectivity index (χ4v) is 2.55. The Kier molecular flexibility index (Phi) is 8.19. The Morgan fingerprint density at radius 1 is 1.06 bits per heavy atom. The lowest BCUT2D eigenvalue weighted by Crippen LogP contribution is -2.22. The molecule has 1 aromatic carbocycles. The zero-order chi connectivity index (χ0) is 13.2. The number of unbranched alkanes of at least 4 members (excludes halogenated alkanes) is 2. The van der Waals surface area contributed by atoms with E-state index in [9.17, 15) is 0 Å². The van der Waals surface area contributed by atoms with Gasteiger partial charge in [-0.3, -0.25) is 0 Å². The van der Waals surface area contributed by atoms with Gasteiger partial charge in [0.2, 0.25) is 0 Å². The summed E-state index contributed by atoms with van der Waals surface area (Å²) in [5.74, 6) is 0. The first-order valence-corrected chi connectivity index (χ1v) is 8.41. The van der Waals surface area contributed by atoms with E-state index in [-0.39, 0.29) is 0 Å². The highest BCUT2D eigenvalue weighted by atomic mass is 32.2. The summed E-state index contributed by atoms with van der Waals surface area (Å²) < 4.78 is 0. The van der Waals surface area contributed by atoms with Crippen molar-refractivity contribution in [2.45, 2.75) is 56.9 Å². The van der Waals surface area contributed by atoms with Crippen molar-refractivity contribution >= 4 is 11.8 Å². The summed E-state index contributed by atoms with van der Waals surface area (Å²) in [6.45, 7) is 5.61. The van der Waals surface area contributed by atoms with Gasteiger partial charge >= 0.3 is 0 Å². The van der Waals surface area contributed by atoms with Crippen LogP contribution in [0.15, 0.2) is 29.2 Å². The Morgan fingerprint density at radius 2 is 1.78 bits per heavy atom. The first-order valence-electron chi connectivity index (χ1n) is 7.19. The molecule has 0 amide bonds. The van der Waals surface area contributed by atoms with Gasteiger partial charge in [-0.25, -0.2) is 0 Å². The molecule has 18 heavy (non-hydrogen) atoms. The molecule has 0 bridgehead atoms. The maximum Gasteiger partial charge on any atom is 0.0320 e. The van der Waals surface area contributed by atoms with Gasteiger partial charge in [-0.1, -0.05) is 45.2 Å². The first-order chi connectivity index (χ1) is 8.81. The SMILES string of the molecule is CCCCCC(NCCC)c1ccc(SC)cc1. The predicted molar refractivity (Wildman–Crippen MR) is 83.4 cm³/mol. The van der Waals surface area contributed by atoms with E-state index >= 15 is 0 Å². The number of rotatable bonds is 9. The van der Waals surface area contributed by atoms with Gasteiger partial charge in [-0.15, -0.1) is 11.8 Å². The van der Waals surface area contributed by atoms with Gasteiger partial charge in [-0.05, 0) is 43.3 Å².